The third-order valence-electron chi connectivity index (χ3n) is 3.65. The molecule has 1 N–H and O–H groups in total. The number of aromatic nitrogens is 2. The molecular weight excluding hydrogens is 398 g/mol. The number of hydrogen-bond acceptors (Lipinski definition) is 8. The molecule has 0 atom stereocenters. The minimum absolute atomic E-state index is 0.0210. The summed E-state index contributed by atoms with van der Waals surface area (Å²) in [5.74, 6) is -0.173. The summed E-state index contributed by atoms with van der Waals surface area (Å²) in [6.45, 7) is 1.87. The van der Waals surface area contributed by atoms with Gasteiger partial charge in [-0.25, -0.2) is 4.79 Å². The van der Waals surface area contributed by atoms with Crippen molar-refractivity contribution in [3.05, 3.63) is 80.6 Å². The van der Waals surface area contributed by atoms with E-state index < -0.39 is 10.9 Å². The lowest BCUT2D eigenvalue weighted by atomic mass is 10.2. The fourth-order valence-electron chi connectivity index (χ4n) is 2.24. The van der Waals surface area contributed by atoms with Crippen LogP contribution in [0.2, 0.25) is 0 Å². The second-order valence-electron chi connectivity index (χ2n) is 5.78. The van der Waals surface area contributed by atoms with Crippen molar-refractivity contribution in [2.45, 2.75) is 18.8 Å². The lowest BCUT2D eigenvalue weighted by Crippen LogP contribution is -1.97. The molecule has 1 aromatic heterocycles. The first-order valence-corrected chi connectivity index (χ1v) is 9.11. The highest BCUT2D eigenvalue weighted by molar-refractivity contribution is 8.03. The molecule has 2 aromatic carbocycles. The number of aliphatic carboxylic acids is 1. The van der Waals surface area contributed by atoms with E-state index in [4.69, 9.17) is 9.15 Å². The smallest absolute Gasteiger partial charge is 0.342 e. The Kier molecular flexibility index (Phi) is 6.25. The van der Waals surface area contributed by atoms with Crippen LogP contribution < -0.4 is 4.74 Å². The van der Waals surface area contributed by atoms with Crippen LogP contribution in [0.15, 0.2) is 63.1 Å². The van der Waals surface area contributed by atoms with Gasteiger partial charge in [0.05, 0.1) is 4.92 Å². The van der Waals surface area contributed by atoms with Gasteiger partial charge in [-0.15, -0.1) is 10.2 Å². The van der Waals surface area contributed by atoms with Crippen LogP contribution in [0.5, 0.6) is 5.75 Å². The molecule has 0 unspecified atom stereocenters. The molecule has 148 valence electrons. The number of hydrogen-bond donors (Lipinski definition) is 1. The summed E-state index contributed by atoms with van der Waals surface area (Å²) in [6.07, 6.45) is 1.49. The predicted octanol–water partition coefficient (Wildman–Crippen LogP) is 4.08. The maximum atomic E-state index is 11.5. The number of non-ortho nitro benzene ring substituents is 1. The Hall–Kier alpha value is -3.66. The van der Waals surface area contributed by atoms with Crippen LogP contribution in [0.1, 0.15) is 17.0 Å². The van der Waals surface area contributed by atoms with Crippen LogP contribution in [-0.2, 0) is 11.4 Å². The number of carbonyl (C=O) groups is 1. The van der Waals surface area contributed by atoms with Crippen molar-refractivity contribution in [1.82, 2.24) is 10.2 Å². The third kappa shape index (κ3) is 5.66. The molecule has 29 heavy (non-hydrogen) atoms. The second-order valence-corrected chi connectivity index (χ2v) is 6.78. The molecule has 0 bridgehead atoms. The summed E-state index contributed by atoms with van der Waals surface area (Å²) < 4.78 is 10.8. The summed E-state index contributed by atoms with van der Waals surface area (Å²) in [6, 6.07) is 12.9. The predicted molar refractivity (Wildman–Crippen MR) is 104 cm³/mol. The number of carboxylic acids is 1. The number of carboxylic acid groups (broad SMARTS) is 1. The molecule has 0 aliphatic heterocycles. The van der Waals surface area contributed by atoms with E-state index in [2.05, 4.69) is 10.2 Å². The topological polar surface area (TPSA) is 129 Å². The van der Waals surface area contributed by atoms with E-state index in [0.29, 0.717) is 17.2 Å². The number of nitro benzene ring substituents is 1. The van der Waals surface area contributed by atoms with E-state index in [0.717, 1.165) is 17.3 Å². The van der Waals surface area contributed by atoms with Gasteiger partial charge >= 0.3 is 5.97 Å². The number of thioether (sulfide) groups is 1. The van der Waals surface area contributed by atoms with E-state index >= 15 is 0 Å². The first-order valence-electron chi connectivity index (χ1n) is 8.30. The molecule has 0 spiro atoms. The molecule has 0 amide bonds. The van der Waals surface area contributed by atoms with E-state index in [1.807, 2.05) is 0 Å². The summed E-state index contributed by atoms with van der Waals surface area (Å²) >= 11 is 0.869. The lowest BCUT2D eigenvalue weighted by molar-refractivity contribution is -0.384. The number of nitrogens with zero attached hydrogens (tertiary/aromatic N) is 3. The molecule has 1 heterocycles. The summed E-state index contributed by atoms with van der Waals surface area (Å²) in [7, 11) is 0. The number of ether oxygens (including phenoxy) is 1. The zero-order chi connectivity index (χ0) is 20.8. The number of rotatable bonds is 8. The van der Waals surface area contributed by atoms with Crippen molar-refractivity contribution in [2.24, 2.45) is 0 Å². The van der Waals surface area contributed by atoms with Gasteiger partial charge in [0.1, 0.15) is 17.3 Å². The van der Waals surface area contributed by atoms with Gasteiger partial charge < -0.3 is 14.3 Å². The standard InChI is InChI=1S/C19H15N3O6S/c1-12-20-21-19(28-12)29-17(18(23)24)10-13-4-8-16(9-5-13)27-11-14-2-6-15(7-3-14)22(25)26/h2-10H,11H2,1H3,(H,23,24)/b17-10+. The highest BCUT2D eigenvalue weighted by Gasteiger charge is 2.14. The van der Waals surface area contributed by atoms with Gasteiger partial charge in [-0.3, -0.25) is 10.1 Å². The Morgan fingerprint density at radius 1 is 1.21 bits per heavy atom. The fraction of sp³-hybridized carbons (Fsp3) is 0.105. The van der Waals surface area contributed by atoms with Crippen LogP contribution in [-0.4, -0.2) is 26.2 Å². The first-order chi connectivity index (χ1) is 13.9. The van der Waals surface area contributed by atoms with E-state index in [-0.39, 0.29) is 22.4 Å². The molecule has 3 aromatic rings. The van der Waals surface area contributed by atoms with Gasteiger partial charge in [-0.2, -0.15) is 0 Å². The molecule has 0 saturated heterocycles. The highest BCUT2D eigenvalue weighted by atomic mass is 32.2. The number of aryl methyl sites for hydroxylation is 1. The third-order valence-corrected chi connectivity index (χ3v) is 4.50. The Balaban J connectivity index is 1.64. The molecule has 0 radical (unpaired) electrons. The Morgan fingerprint density at radius 2 is 1.90 bits per heavy atom. The Morgan fingerprint density at radius 3 is 2.45 bits per heavy atom. The van der Waals surface area contributed by atoms with Gasteiger partial charge in [0.15, 0.2) is 0 Å². The van der Waals surface area contributed by atoms with Gasteiger partial charge in [-0.1, -0.05) is 12.1 Å². The fourth-order valence-corrected chi connectivity index (χ4v) is 2.96. The number of nitro groups is 1. The van der Waals surface area contributed by atoms with Crippen LogP contribution in [0, 0.1) is 17.0 Å². The normalized spacial score (nSPS) is 11.3. The maximum Gasteiger partial charge on any atom is 0.342 e. The Bertz CT molecular complexity index is 1040. The molecule has 0 fully saturated rings. The van der Waals surface area contributed by atoms with Crippen LogP contribution in [0.3, 0.4) is 0 Å². The van der Waals surface area contributed by atoms with E-state index in [9.17, 15) is 20.0 Å². The van der Waals surface area contributed by atoms with Gasteiger partial charge in [-0.05, 0) is 53.2 Å². The molecule has 0 aliphatic rings. The van der Waals surface area contributed by atoms with Crippen molar-refractivity contribution in [3.8, 4) is 5.75 Å². The van der Waals surface area contributed by atoms with Gasteiger partial charge in [0.2, 0.25) is 5.89 Å². The van der Waals surface area contributed by atoms with Gasteiger partial charge in [0, 0.05) is 19.1 Å². The largest absolute Gasteiger partial charge is 0.489 e. The summed E-state index contributed by atoms with van der Waals surface area (Å²) in [5, 5.41) is 27.6. The SMILES string of the molecule is Cc1nnc(S/C(=C/c2ccc(OCc3ccc([N+](=O)[O-])cc3)cc2)C(=O)O)o1. The van der Waals surface area contributed by atoms with Crippen molar-refractivity contribution in [2.75, 3.05) is 0 Å². The van der Waals surface area contributed by atoms with Crippen molar-refractivity contribution >= 4 is 29.5 Å². The van der Waals surface area contributed by atoms with Crippen LogP contribution in [0.4, 0.5) is 5.69 Å². The average molecular weight is 413 g/mol. The van der Waals surface area contributed by atoms with Crippen LogP contribution >= 0.6 is 11.8 Å². The average Bonchev–Trinajstić information content (AvgIpc) is 3.12. The molecule has 0 aliphatic carbocycles. The number of benzene rings is 2. The molecular formula is C19H15N3O6S. The minimum atomic E-state index is -1.11. The summed E-state index contributed by atoms with van der Waals surface area (Å²) in [5.41, 5.74) is 1.47. The molecule has 3 rings (SSSR count). The zero-order valence-electron chi connectivity index (χ0n) is 15.1. The monoisotopic (exact) mass is 413 g/mol. The second kappa shape index (κ2) is 9.02. The van der Waals surface area contributed by atoms with Crippen molar-refractivity contribution in [1.29, 1.82) is 0 Å². The maximum absolute atomic E-state index is 11.5. The Labute approximate surface area is 169 Å². The molecule has 0 saturated carbocycles. The minimum Gasteiger partial charge on any atom is -0.489 e. The van der Waals surface area contributed by atoms with Crippen LogP contribution in [0.25, 0.3) is 6.08 Å². The highest BCUT2D eigenvalue weighted by Crippen LogP contribution is 2.28. The van der Waals surface area contributed by atoms with Crippen molar-refractivity contribution < 1.29 is 24.0 Å². The van der Waals surface area contributed by atoms with E-state index in [1.54, 1.807) is 43.3 Å². The quantitative estimate of drug-likeness (QED) is 0.251. The van der Waals surface area contributed by atoms with Crippen molar-refractivity contribution in [3.63, 3.8) is 0 Å². The van der Waals surface area contributed by atoms with Gasteiger partial charge in [0.25, 0.3) is 10.9 Å². The molecule has 10 heteroatoms. The lowest BCUT2D eigenvalue weighted by Gasteiger charge is -2.07. The first kappa shape index (κ1) is 20.1. The summed E-state index contributed by atoms with van der Waals surface area (Å²) in [4.78, 5) is 21.7. The molecule has 9 nitrogen and oxygen atoms in total. The van der Waals surface area contributed by atoms with E-state index in [1.165, 1.54) is 18.2 Å². The zero-order valence-corrected chi connectivity index (χ0v) is 16.0.